The predicted molar refractivity (Wildman–Crippen MR) is 58.3 cm³/mol. The van der Waals surface area contributed by atoms with Gasteiger partial charge in [0.1, 0.15) is 5.54 Å². The number of esters is 1. The van der Waals surface area contributed by atoms with Crippen LogP contribution in [0.4, 0.5) is 0 Å². The van der Waals surface area contributed by atoms with Crippen LogP contribution in [-0.2, 0) is 9.53 Å². The summed E-state index contributed by atoms with van der Waals surface area (Å²) in [5, 5.41) is 12.5. The number of carbonyl (C=O) groups is 1. The lowest BCUT2D eigenvalue weighted by Gasteiger charge is -2.25. The third kappa shape index (κ3) is 1.35. The minimum atomic E-state index is -0.628. The smallest absolute Gasteiger partial charge is 0.313 e. The van der Waals surface area contributed by atoms with E-state index in [0.717, 1.165) is 18.5 Å². The van der Waals surface area contributed by atoms with Crippen LogP contribution in [0.5, 0.6) is 0 Å². The van der Waals surface area contributed by atoms with Crippen molar-refractivity contribution in [1.29, 1.82) is 5.26 Å². The van der Waals surface area contributed by atoms with Gasteiger partial charge in [-0.2, -0.15) is 5.26 Å². The second-order valence-corrected chi connectivity index (χ2v) is 4.37. The van der Waals surface area contributed by atoms with Crippen LogP contribution >= 0.6 is 0 Å². The van der Waals surface area contributed by atoms with Gasteiger partial charge in [-0.25, -0.2) is 0 Å². The number of nitriles is 1. The highest BCUT2D eigenvalue weighted by atomic mass is 16.5. The van der Waals surface area contributed by atoms with E-state index in [1.807, 2.05) is 13.0 Å². The molecule has 1 aliphatic carbocycles. The van der Waals surface area contributed by atoms with E-state index >= 15 is 0 Å². The first-order valence-corrected chi connectivity index (χ1v) is 5.67. The van der Waals surface area contributed by atoms with Crippen LogP contribution in [0.2, 0.25) is 0 Å². The van der Waals surface area contributed by atoms with Gasteiger partial charge in [0.2, 0.25) is 0 Å². The van der Waals surface area contributed by atoms with Crippen LogP contribution in [-0.4, -0.2) is 24.7 Å². The van der Waals surface area contributed by atoms with Gasteiger partial charge in [0.05, 0.1) is 18.6 Å². The van der Waals surface area contributed by atoms with Gasteiger partial charge in [0, 0.05) is 5.92 Å². The predicted octanol–water partition coefficient (Wildman–Crippen LogP) is 0.997. The zero-order chi connectivity index (χ0) is 11.8. The van der Waals surface area contributed by atoms with Crippen molar-refractivity contribution in [2.24, 2.45) is 11.8 Å². The Balaban J connectivity index is 2.27. The Morgan fingerprint density at radius 3 is 3.19 bits per heavy atom. The van der Waals surface area contributed by atoms with Crippen molar-refractivity contribution in [3.8, 4) is 6.07 Å². The van der Waals surface area contributed by atoms with Crippen molar-refractivity contribution in [1.82, 2.24) is 5.32 Å². The van der Waals surface area contributed by atoms with E-state index < -0.39 is 5.54 Å². The molecule has 1 saturated heterocycles. The molecule has 16 heavy (non-hydrogen) atoms. The summed E-state index contributed by atoms with van der Waals surface area (Å²) in [5.74, 6) is -0.418. The largest absolute Gasteiger partial charge is 0.466 e. The van der Waals surface area contributed by atoms with Crippen LogP contribution in [0, 0.1) is 23.2 Å². The highest BCUT2D eigenvalue weighted by Crippen LogP contribution is 2.45. The number of nitrogens with one attached hydrogen (secondary N) is 1. The van der Waals surface area contributed by atoms with Crippen molar-refractivity contribution >= 4 is 5.97 Å². The molecule has 0 radical (unpaired) electrons. The molecule has 1 heterocycles. The topological polar surface area (TPSA) is 62.1 Å². The zero-order valence-corrected chi connectivity index (χ0v) is 9.62. The van der Waals surface area contributed by atoms with E-state index in [2.05, 4.69) is 11.4 Å². The number of fused-ring (bicyclic) bond motifs is 1. The van der Waals surface area contributed by atoms with Crippen molar-refractivity contribution in [3.63, 3.8) is 0 Å². The van der Waals surface area contributed by atoms with Gasteiger partial charge in [-0.3, -0.25) is 10.1 Å². The molecular formula is C12H16N2O2. The number of nitrogens with zero attached hydrogens (tertiary/aromatic N) is 1. The monoisotopic (exact) mass is 220 g/mol. The molecule has 0 saturated carbocycles. The molecule has 86 valence electrons. The van der Waals surface area contributed by atoms with Crippen LogP contribution in [0.3, 0.4) is 0 Å². The average molecular weight is 220 g/mol. The minimum absolute atomic E-state index is 0.0385. The van der Waals surface area contributed by atoms with E-state index in [9.17, 15) is 10.1 Å². The highest BCUT2D eigenvalue weighted by molar-refractivity contribution is 5.77. The van der Waals surface area contributed by atoms with E-state index in [4.69, 9.17) is 4.74 Å². The second-order valence-electron chi connectivity index (χ2n) is 4.37. The summed E-state index contributed by atoms with van der Waals surface area (Å²) < 4.78 is 5.05. The molecule has 0 aromatic carbocycles. The number of ether oxygens (including phenoxy) is 1. The maximum Gasteiger partial charge on any atom is 0.313 e. The van der Waals surface area contributed by atoms with Crippen molar-refractivity contribution in [2.75, 3.05) is 13.2 Å². The molecule has 1 aliphatic heterocycles. The fourth-order valence-corrected chi connectivity index (χ4v) is 2.85. The summed E-state index contributed by atoms with van der Waals surface area (Å²) in [6.45, 7) is 4.89. The minimum Gasteiger partial charge on any atom is -0.466 e. The molecule has 0 bridgehead atoms. The molecule has 4 heteroatoms. The van der Waals surface area contributed by atoms with Gasteiger partial charge < -0.3 is 4.74 Å². The summed E-state index contributed by atoms with van der Waals surface area (Å²) in [6, 6.07) is 2.33. The van der Waals surface area contributed by atoms with Crippen LogP contribution < -0.4 is 5.32 Å². The second kappa shape index (κ2) is 3.91. The van der Waals surface area contributed by atoms with Gasteiger partial charge in [-0.1, -0.05) is 6.08 Å². The normalized spacial score (nSPS) is 36.4. The molecule has 0 aromatic heterocycles. The Hall–Kier alpha value is -1.34. The molecule has 2 rings (SSSR count). The number of hydrogen-bond acceptors (Lipinski definition) is 4. The zero-order valence-electron chi connectivity index (χ0n) is 9.62. The lowest BCUT2D eigenvalue weighted by atomic mass is 9.82. The fraction of sp³-hybridized carbons (Fsp3) is 0.667. The van der Waals surface area contributed by atoms with Crippen LogP contribution in [0.25, 0.3) is 0 Å². The number of carbonyl (C=O) groups excluding carboxylic acids is 1. The Morgan fingerprint density at radius 1 is 1.81 bits per heavy atom. The van der Waals surface area contributed by atoms with Gasteiger partial charge in [0.15, 0.2) is 0 Å². The van der Waals surface area contributed by atoms with Crippen molar-refractivity contribution in [3.05, 3.63) is 11.6 Å². The number of hydrogen-bond donors (Lipinski definition) is 1. The Kier molecular flexibility index (Phi) is 2.73. The summed E-state index contributed by atoms with van der Waals surface area (Å²) in [5.41, 5.74) is 0.327. The Labute approximate surface area is 95.3 Å². The van der Waals surface area contributed by atoms with E-state index in [1.54, 1.807) is 6.92 Å². The first-order chi connectivity index (χ1) is 7.65. The Morgan fingerprint density at radius 2 is 2.56 bits per heavy atom. The van der Waals surface area contributed by atoms with Crippen LogP contribution in [0.15, 0.2) is 11.6 Å². The van der Waals surface area contributed by atoms with Gasteiger partial charge in [-0.05, 0) is 32.4 Å². The molecule has 0 amide bonds. The summed E-state index contributed by atoms with van der Waals surface area (Å²) in [7, 11) is 0. The van der Waals surface area contributed by atoms with Gasteiger partial charge in [0.25, 0.3) is 0 Å². The lowest BCUT2D eigenvalue weighted by molar-refractivity contribution is -0.147. The summed E-state index contributed by atoms with van der Waals surface area (Å²) in [4.78, 5) is 11.8. The maximum absolute atomic E-state index is 11.8. The third-order valence-corrected chi connectivity index (χ3v) is 3.64. The van der Waals surface area contributed by atoms with Crippen molar-refractivity contribution in [2.45, 2.75) is 25.8 Å². The first kappa shape index (κ1) is 11.2. The lowest BCUT2D eigenvalue weighted by Crippen LogP contribution is -2.44. The van der Waals surface area contributed by atoms with Gasteiger partial charge >= 0.3 is 5.97 Å². The average Bonchev–Trinajstić information content (AvgIpc) is 2.79. The molecule has 1 N–H and O–H groups in total. The highest BCUT2D eigenvalue weighted by Gasteiger charge is 2.54. The molecule has 1 fully saturated rings. The third-order valence-electron chi connectivity index (χ3n) is 3.64. The van der Waals surface area contributed by atoms with Crippen LogP contribution in [0.1, 0.15) is 20.3 Å². The maximum atomic E-state index is 11.8. The van der Waals surface area contributed by atoms with E-state index in [1.165, 1.54) is 0 Å². The molecule has 0 unspecified atom stereocenters. The van der Waals surface area contributed by atoms with Crippen molar-refractivity contribution < 1.29 is 9.53 Å². The SMILES string of the molecule is CCOC(=O)[C@@H]1C=C(C)[C@@]2(C#N)NCC[C@@H]12. The summed E-state index contributed by atoms with van der Waals surface area (Å²) in [6.07, 6.45) is 2.74. The molecule has 0 aromatic rings. The molecular weight excluding hydrogens is 204 g/mol. The van der Waals surface area contributed by atoms with Gasteiger partial charge in [-0.15, -0.1) is 0 Å². The number of rotatable bonds is 2. The molecule has 3 atom stereocenters. The fourth-order valence-electron chi connectivity index (χ4n) is 2.85. The quantitative estimate of drug-likeness (QED) is 0.557. The van der Waals surface area contributed by atoms with E-state index in [-0.39, 0.29) is 17.8 Å². The Bertz CT molecular complexity index is 383. The molecule has 4 nitrogen and oxygen atoms in total. The molecule has 0 spiro atoms. The van der Waals surface area contributed by atoms with E-state index in [0.29, 0.717) is 6.61 Å². The standard InChI is InChI=1S/C12H16N2O2/c1-3-16-11(15)9-6-8(2)12(7-13)10(9)4-5-14-12/h6,9-10,14H,3-5H2,1-2H3/t9-,10+,12-/m1/s1. The summed E-state index contributed by atoms with van der Waals surface area (Å²) >= 11 is 0. The molecule has 2 aliphatic rings. The first-order valence-electron chi connectivity index (χ1n) is 5.67.